The lowest BCUT2D eigenvalue weighted by Crippen LogP contribution is -2.34. The molecule has 0 bridgehead atoms. The Morgan fingerprint density at radius 3 is 2.88 bits per heavy atom. The number of nitrogens with zero attached hydrogens (tertiary/aromatic N) is 3. The first kappa shape index (κ1) is 17.2. The molecule has 0 spiro atoms. The van der Waals surface area contributed by atoms with Gasteiger partial charge in [-0.05, 0) is 44.6 Å². The molecule has 1 aliphatic rings. The number of hydrogen-bond donors (Lipinski definition) is 1. The summed E-state index contributed by atoms with van der Waals surface area (Å²) >= 11 is 0. The molecule has 1 N–H and O–H groups in total. The molecule has 6 heteroatoms. The number of pyridine rings is 1. The molecule has 3 rings (SSSR count). The number of nitrogens with one attached hydrogen (secondary N) is 1. The summed E-state index contributed by atoms with van der Waals surface area (Å²) < 4.78 is 5.71. The van der Waals surface area contributed by atoms with Crippen molar-refractivity contribution in [2.75, 3.05) is 39.0 Å². The number of hydrogen-bond acceptors (Lipinski definition) is 4. The normalized spacial score (nSPS) is 16.9. The van der Waals surface area contributed by atoms with Gasteiger partial charge < -0.3 is 19.9 Å². The second-order valence-electron chi connectivity index (χ2n) is 6.59. The summed E-state index contributed by atoms with van der Waals surface area (Å²) in [5.74, 6) is 1.70. The highest BCUT2D eigenvalue weighted by atomic mass is 16.5. The predicted octanol–water partition coefficient (Wildman–Crippen LogP) is 3.29. The smallest absolute Gasteiger partial charge is 0.321 e. The van der Waals surface area contributed by atoms with Gasteiger partial charge in [0, 0.05) is 37.6 Å². The summed E-state index contributed by atoms with van der Waals surface area (Å²) in [5.41, 5.74) is 0.682. The molecule has 1 aromatic heterocycles. The number of likely N-dealkylation sites (tertiary alicyclic amines) is 1. The highest BCUT2D eigenvalue weighted by Gasteiger charge is 2.26. The van der Waals surface area contributed by atoms with E-state index in [0.29, 0.717) is 23.2 Å². The lowest BCUT2D eigenvalue weighted by molar-refractivity contribution is 0.219. The van der Waals surface area contributed by atoms with Gasteiger partial charge in [0.2, 0.25) is 5.88 Å². The lowest BCUT2D eigenvalue weighted by Gasteiger charge is -2.19. The van der Waals surface area contributed by atoms with Crippen LogP contribution in [0.15, 0.2) is 48.7 Å². The van der Waals surface area contributed by atoms with Crippen LogP contribution >= 0.6 is 0 Å². The summed E-state index contributed by atoms with van der Waals surface area (Å²) in [5, 5.41) is 2.94. The van der Waals surface area contributed by atoms with Gasteiger partial charge in [-0.15, -0.1) is 0 Å². The average Bonchev–Trinajstić information content (AvgIpc) is 3.04. The van der Waals surface area contributed by atoms with Crippen LogP contribution in [0.5, 0.6) is 11.6 Å². The Labute approximate surface area is 148 Å². The van der Waals surface area contributed by atoms with Crippen LogP contribution in [0.2, 0.25) is 0 Å². The molecule has 132 valence electrons. The van der Waals surface area contributed by atoms with Gasteiger partial charge in [-0.25, -0.2) is 9.78 Å². The number of amides is 2. The fourth-order valence-corrected chi connectivity index (χ4v) is 3.04. The fraction of sp³-hybridized carbons (Fsp3) is 0.368. The number of benzene rings is 1. The lowest BCUT2D eigenvalue weighted by atomic mass is 10.1. The Kier molecular flexibility index (Phi) is 5.50. The second-order valence-corrected chi connectivity index (χ2v) is 6.59. The Hall–Kier alpha value is -2.60. The number of anilines is 1. The number of urea groups is 1. The molecule has 6 nitrogen and oxygen atoms in total. The van der Waals surface area contributed by atoms with Gasteiger partial charge in [-0.3, -0.25) is 0 Å². The minimum absolute atomic E-state index is 0.0712. The minimum Gasteiger partial charge on any atom is -0.439 e. The van der Waals surface area contributed by atoms with E-state index in [2.05, 4.69) is 29.3 Å². The van der Waals surface area contributed by atoms with Crippen LogP contribution < -0.4 is 10.1 Å². The number of para-hydroxylation sites is 1. The van der Waals surface area contributed by atoms with Crippen molar-refractivity contribution in [3.8, 4) is 11.6 Å². The molecule has 0 aliphatic carbocycles. The van der Waals surface area contributed by atoms with E-state index in [4.69, 9.17) is 4.74 Å². The predicted molar refractivity (Wildman–Crippen MR) is 98.0 cm³/mol. The van der Waals surface area contributed by atoms with E-state index in [-0.39, 0.29) is 6.03 Å². The molecule has 0 saturated carbocycles. The maximum Gasteiger partial charge on any atom is 0.321 e. The first-order valence-corrected chi connectivity index (χ1v) is 8.50. The summed E-state index contributed by atoms with van der Waals surface area (Å²) in [4.78, 5) is 20.7. The van der Waals surface area contributed by atoms with Gasteiger partial charge in [0.1, 0.15) is 5.75 Å². The molecule has 1 aliphatic heterocycles. The van der Waals surface area contributed by atoms with Crippen molar-refractivity contribution >= 4 is 11.7 Å². The van der Waals surface area contributed by atoms with Crippen molar-refractivity contribution in [3.63, 3.8) is 0 Å². The number of ether oxygens (including phenoxy) is 1. The van der Waals surface area contributed by atoms with E-state index in [9.17, 15) is 4.79 Å². The van der Waals surface area contributed by atoms with Gasteiger partial charge in [-0.1, -0.05) is 18.2 Å². The van der Waals surface area contributed by atoms with Crippen molar-refractivity contribution in [2.45, 2.75) is 6.42 Å². The monoisotopic (exact) mass is 340 g/mol. The minimum atomic E-state index is -0.0712. The third kappa shape index (κ3) is 4.93. The number of rotatable bonds is 5. The number of carbonyl (C=O) groups is 1. The van der Waals surface area contributed by atoms with E-state index in [1.807, 2.05) is 35.2 Å². The van der Waals surface area contributed by atoms with E-state index in [1.54, 1.807) is 18.3 Å². The Morgan fingerprint density at radius 1 is 1.32 bits per heavy atom. The molecule has 0 unspecified atom stereocenters. The van der Waals surface area contributed by atoms with Crippen molar-refractivity contribution in [1.82, 2.24) is 14.8 Å². The Bertz CT molecular complexity index is 706. The van der Waals surface area contributed by atoms with E-state index >= 15 is 0 Å². The van der Waals surface area contributed by atoms with Crippen molar-refractivity contribution in [1.29, 1.82) is 0 Å². The Balaban J connectivity index is 1.58. The third-order valence-electron chi connectivity index (χ3n) is 4.15. The fourth-order valence-electron chi connectivity index (χ4n) is 3.04. The highest BCUT2D eigenvalue weighted by Crippen LogP contribution is 2.22. The first-order valence-electron chi connectivity index (χ1n) is 8.50. The van der Waals surface area contributed by atoms with Crippen molar-refractivity contribution in [2.24, 2.45) is 5.92 Å². The van der Waals surface area contributed by atoms with E-state index < -0.39 is 0 Å². The molecule has 2 aromatic rings. The van der Waals surface area contributed by atoms with Gasteiger partial charge in [0.25, 0.3) is 0 Å². The van der Waals surface area contributed by atoms with Crippen LogP contribution in [-0.2, 0) is 0 Å². The van der Waals surface area contributed by atoms with E-state index in [0.717, 1.165) is 26.1 Å². The highest BCUT2D eigenvalue weighted by molar-refractivity contribution is 5.89. The second kappa shape index (κ2) is 7.98. The molecule has 1 saturated heterocycles. The zero-order chi connectivity index (χ0) is 17.6. The molecule has 1 atom stereocenters. The van der Waals surface area contributed by atoms with Crippen molar-refractivity contribution < 1.29 is 9.53 Å². The molecule has 1 fully saturated rings. The van der Waals surface area contributed by atoms with E-state index in [1.165, 1.54) is 0 Å². The number of carbonyl (C=O) groups excluding carboxylic acids is 1. The molecule has 1 aromatic carbocycles. The molecular weight excluding hydrogens is 316 g/mol. The van der Waals surface area contributed by atoms with Gasteiger partial charge in [0.05, 0.1) is 0 Å². The first-order chi connectivity index (χ1) is 12.1. The molecule has 0 radical (unpaired) electrons. The van der Waals surface area contributed by atoms with Crippen LogP contribution in [0.1, 0.15) is 6.42 Å². The topological polar surface area (TPSA) is 57.7 Å². The van der Waals surface area contributed by atoms with Gasteiger partial charge in [0.15, 0.2) is 0 Å². The largest absolute Gasteiger partial charge is 0.439 e. The van der Waals surface area contributed by atoms with Crippen LogP contribution in [0.25, 0.3) is 0 Å². The van der Waals surface area contributed by atoms with Crippen LogP contribution in [0, 0.1) is 5.92 Å². The molecule has 2 amide bonds. The Morgan fingerprint density at radius 2 is 2.12 bits per heavy atom. The zero-order valence-electron chi connectivity index (χ0n) is 14.7. The standard InChI is InChI=1S/C19H24N4O2/c1-22(2)13-15-9-11-23(14-15)19(24)21-16-8-10-20-18(12-16)25-17-6-4-3-5-7-17/h3-8,10,12,15H,9,11,13-14H2,1-2H3,(H,20,21,24)/t15-/m1/s1. The van der Waals surface area contributed by atoms with Gasteiger partial charge >= 0.3 is 6.03 Å². The number of aromatic nitrogens is 1. The summed E-state index contributed by atoms with van der Waals surface area (Å²) in [6.07, 6.45) is 2.68. The molecular formula is C19H24N4O2. The summed E-state index contributed by atoms with van der Waals surface area (Å²) in [7, 11) is 4.13. The SMILES string of the molecule is CN(C)C[C@H]1CCN(C(=O)Nc2ccnc(Oc3ccccc3)c2)C1. The maximum absolute atomic E-state index is 12.5. The summed E-state index contributed by atoms with van der Waals surface area (Å²) in [6, 6.07) is 12.9. The third-order valence-corrected chi connectivity index (χ3v) is 4.15. The molecule has 2 heterocycles. The van der Waals surface area contributed by atoms with Crippen LogP contribution in [0.3, 0.4) is 0 Å². The van der Waals surface area contributed by atoms with Crippen LogP contribution in [-0.4, -0.2) is 54.5 Å². The summed E-state index contributed by atoms with van der Waals surface area (Å²) in [6.45, 7) is 2.60. The van der Waals surface area contributed by atoms with Crippen LogP contribution in [0.4, 0.5) is 10.5 Å². The average molecular weight is 340 g/mol. The van der Waals surface area contributed by atoms with Crippen molar-refractivity contribution in [3.05, 3.63) is 48.7 Å². The zero-order valence-corrected chi connectivity index (χ0v) is 14.7. The maximum atomic E-state index is 12.5. The van der Waals surface area contributed by atoms with Gasteiger partial charge in [-0.2, -0.15) is 0 Å². The quantitative estimate of drug-likeness (QED) is 0.907. The molecule has 25 heavy (non-hydrogen) atoms.